The highest BCUT2D eigenvalue weighted by Crippen LogP contribution is 2.39. The summed E-state index contributed by atoms with van der Waals surface area (Å²) in [5.74, 6) is 0.170. The molecule has 1 aromatic carbocycles. The maximum absolute atomic E-state index is 12.3. The minimum Gasteiger partial charge on any atom is -0.361 e. The maximum Gasteiger partial charge on any atom is 0.278 e. The molecule has 1 amide bonds. The Hall–Kier alpha value is -2.91. The molecule has 2 aromatic heterocycles. The van der Waals surface area contributed by atoms with Crippen LogP contribution < -0.4 is 5.32 Å². The van der Waals surface area contributed by atoms with E-state index in [0.717, 1.165) is 21.6 Å². The SMILES string of the molecule is Cc1ccc(-c2c(C)sc(NC(=O)c3cc(C)on3)c2C#N)cc1. The number of nitrogens with one attached hydrogen (secondary N) is 1. The van der Waals surface area contributed by atoms with Crippen molar-refractivity contribution < 1.29 is 9.32 Å². The molecule has 5 nitrogen and oxygen atoms in total. The fraction of sp³-hybridized carbons (Fsp3) is 0.167. The lowest BCUT2D eigenvalue weighted by atomic mass is 10.0. The summed E-state index contributed by atoms with van der Waals surface area (Å²) in [6.45, 7) is 5.67. The predicted molar refractivity (Wildman–Crippen MR) is 93.1 cm³/mol. The number of nitriles is 1. The standard InChI is InChI=1S/C18H15N3O2S/c1-10-4-6-13(7-5-10)16-12(3)24-18(14(16)9-19)20-17(22)15-8-11(2)23-21-15/h4-8H,1-3H3,(H,20,22). The molecular weight excluding hydrogens is 322 g/mol. The topological polar surface area (TPSA) is 78.9 Å². The molecular formula is C18H15N3O2S. The lowest BCUT2D eigenvalue weighted by molar-refractivity contribution is 0.101. The quantitative estimate of drug-likeness (QED) is 0.765. The van der Waals surface area contributed by atoms with Gasteiger partial charge >= 0.3 is 0 Å². The van der Waals surface area contributed by atoms with E-state index in [0.29, 0.717) is 16.3 Å². The zero-order chi connectivity index (χ0) is 17.3. The summed E-state index contributed by atoms with van der Waals surface area (Å²) in [7, 11) is 0. The van der Waals surface area contributed by atoms with Crippen molar-refractivity contribution in [3.05, 3.63) is 57.8 Å². The van der Waals surface area contributed by atoms with Gasteiger partial charge < -0.3 is 9.84 Å². The number of hydrogen-bond donors (Lipinski definition) is 1. The molecule has 0 aliphatic heterocycles. The van der Waals surface area contributed by atoms with Gasteiger partial charge in [0.1, 0.15) is 16.8 Å². The summed E-state index contributed by atoms with van der Waals surface area (Å²) < 4.78 is 4.92. The number of thiophene rings is 1. The fourth-order valence-corrected chi connectivity index (χ4v) is 3.47. The highest BCUT2D eigenvalue weighted by atomic mass is 32.1. The number of rotatable bonds is 3. The number of hydrogen-bond acceptors (Lipinski definition) is 5. The Labute approximate surface area is 143 Å². The van der Waals surface area contributed by atoms with Gasteiger partial charge in [0.25, 0.3) is 5.91 Å². The van der Waals surface area contributed by atoms with Crippen LogP contribution in [0.25, 0.3) is 11.1 Å². The Balaban J connectivity index is 1.98. The molecule has 0 spiro atoms. The highest BCUT2D eigenvalue weighted by Gasteiger charge is 2.20. The lowest BCUT2D eigenvalue weighted by Gasteiger charge is -2.03. The fourth-order valence-electron chi connectivity index (χ4n) is 2.45. The van der Waals surface area contributed by atoms with E-state index in [2.05, 4.69) is 16.5 Å². The molecule has 120 valence electrons. The van der Waals surface area contributed by atoms with E-state index in [9.17, 15) is 10.1 Å². The average Bonchev–Trinajstić information content (AvgIpc) is 3.11. The molecule has 2 heterocycles. The summed E-state index contributed by atoms with van der Waals surface area (Å²) in [6, 6.07) is 11.7. The van der Waals surface area contributed by atoms with E-state index < -0.39 is 0 Å². The van der Waals surface area contributed by atoms with E-state index in [1.165, 1.54) is 11.3 Å². The Morgan fingerprint density at radius 2 is 1.96 bits per heavy atom. The minimum absolute atomic E-state index is 0.194. The molecule has 0 saturated carbocycles. The van der Waals surface area contributed by atoms with E-state index in [1.807, 2.05) is 38.1 Å². The van der Waals surface area contributed by atoms with Crippen molar-refractivity contribution >= 4 is 22.2 Å². The molecule has 0 unspecified atom stereocenters. The van der Waals surface area contributed by atoms with Gasteiger partial charge in [-0.15, -0.1) is 11.3 Å². The van der Waals surface area contributed by atoms with Crippen LogP contribution >= 0.6 is 11.3 Å². The molecule has 3 rings (SSSR count). The predicted octanol–water partition coefficient (Wildman–Crippen LogP) is 4.45. The summed E-state index contributed by atoms with van der Waals surface area (Å²) in [6.07, 6.45) is 0. The van der Waals surface area contributed by atoms with Gasteiger partial charge in [-0.25, -0.2) is 0 Å². The van der Waals surface area contributed by atoms with Gasteiger partial charge in [-0.05, 0) is 26.3 Å². The smallest absolute Gasteiger partial charge is 0.278 e. The summed E-state index contributed by atoms with van der Waals surface area (Å²) >= 11 is 1.38. The first-order valence-electron chi connectivity index (χ1n) is 7.35. The molecule has 3 aromatic rings. The number of nitrogens with zero attached hydrogens (tertiary/aromatic N) is 2. The largest absolute Gasteiger partial charge is 0.361 e. The highest BCUT2D eigenvalue weighted by molar-refractivity contribution is 7.17. The Morgan fingerprint density at radius 3 is 2.54 bits per heavy atom. The van der Waals surface area contributed by atoms with Crippen molar-refractivity contribution in [3.63, 3.8) is 0 Å². The molecule has 0 fully saturated rings. The summed E-state index contributed by atoms with van der Waals surface area (Å²) in [5, 5.41) is 16.6. The summed E-state index contributed by atoms with van der Waals surface area (Å²) in [4.78, 5) is 13.2. The van der Waals surface area contributed by atoms with Crippen LogP contribution in [0.4, 0.5) is 5.00 Å². The number of anilines is 1. The van der Waals surface area contributed by atoms with Crippen LogP contribution in [0.1, 0.15) is 32.3 Å². The van der Waals surface area contributed by atoms with Crippen LogP contribution in [-0.4, -0.2) is 11.1 Å². The van der Waals surface area contributed by atoms with Gasteiger partial charge in [0.2, 0.25) is 0 Å². The number of carbonyl (C=O) groups excluding carboxylic acids is 1. The van der Waals surface area contributed by atoms with Crippen LogP contribution in [0.15, 0.2) is 34.9 Å². The number of carbonyl (C=O) groups is 1. The van der Waals surface area contributed by atoms with Crippen molar-refractivity contribution in [3.8, 4) is 17.2 Å². The third-order valence-corrected chi connectivity index (χ3v) is 4.64. The van der Waals surface area contributed by atoms with E-state index in [-0.39, 0.29) is 11.6 Å². The second-order valence-electron chi connectivity index (χ2n) is 5.49. The molecule has 1 N–H and O–H groups in total. The van der Waals surface area contributed by atoms with Crippen molar-refractivity contribution in [1.29, 1.82) is 5.26 Å². The molecule has 0 aliphatic rings. The van der Waals surface area contributed by atoms with Crippen molar-refractivity contribution in [2.24, 2.45) is 0 Å². The molecule has 0 atom stereocenters. The third-order valence-electron chi connectivity index (χ3n) is 3.62. The third kappa shape index (κ3) is 2.94. The van der Waals surface area contributed by atoms with Crippen LogP contribution in [-0.2, 0) is 0 Å². The van der Waals surface area contributed by atoms with E-state index >= 15 is 0 Å². The number of aromatic nitrogens is 1. The van der Waals surface area contributed by atoms with Crippen LogP contribution in [0, 0.1) is 32.1 Å². The van der Waals surface area contributed by atoms with Crippen LogP contribution in [0.3, 0.4) is 0 Å². The van der Waals surface area contributed by atoms with Crippen molar-refractivity contribution in [2.45, 2.75) is 20.8 Å². The molecule has 24 heavy (non-hydrogen) atoms. The number of benzene rings is 1. The number of amides is 1. The molecule has 0 radical (unpaired) electrons. The molecule has 0 saturated heterocycles. The number of aryl methyl sites for hydroxylation is 3. The van der Waals surface area contributed by atoms with Gasteiger partial charge in [0.05, 0.1) is 5.56 Å². The van der Waals surface area contributed by atoms with Gasteiger partial charge in [-0.2, -0.15) is 5.26 Å². The zero-order valence-corrected chi connectivity index (χ0v) is 14.3. The lowest BCUT2D eigenvalue weighted by Crippen LogP contribution is -2.12. The molecule has 0 aliphatic carbocycles. The normalized spacial score (nSPS) is 10.4. The Morgan fingerprint density at radius 1 is 1.25 bits per heavy atom. The van der Waals surface area contributed by atoms with Gasteiger partial charge in [-0.1, -0.05) is 35.0 Å². The summed E-state index contributed by atoms with van der Waals surface area (Å²) in [5.41, 5.74) is 3.63. The van der Waals surface area contributed by atoms with E-state index in [1.54, 1.807) is 13.0 Å². The van der Waals surface area contributed by atoms with Crippen molar-refractivity contribution in [2.75, 3.05) is 5.32 Å². The Kier molecular flexibility index (Phi) is 4.19. The molecule has 0 bridgehead atoms. The second-order valence-corrected chi connectivity index (χ2v) is 6.72. The van der Waals surface area contributed by atoms with Crippen LogP contribution in [0.5, 0.6) is 0 Å². The van der Waals surface area contributed by atoms with E-state index in [4.69, 9.17) is 4.52 Å². The monoisotopic (exact) mass is 337 g/mol. The van der Waals surface area contributed by atoms with Gasteiger partial charge in [-0.3, -0.25) is 4.79 Å². The van der Waals surface area contributed by atoms with Gasteiger partial charge in [0, 0.05) is 16.5 Å². The first kappa shape index (κ1) is 16.0. The first-order chi connectivity index (χ1) is 11.5. The van der Waals surface area contributed by atoms with Crippen molar-refractivity contribution in [1.82, 2.24) is 5.16 Å². The Bertz CT molecular complexity index is 946. The molecule has 6 heteroatoms. The second kappa shape index (κ2) is 6.30. The van der Waals surface area contributed by atoms with Crippen LogP contribution in [0.2, 0.25) is 0 Å². The minimum atomic E-state index is -0.389. The zero-order valence-electron chi connectivity index (χ0n) is 13.5. The average molecular weight is 337 g/mol. The first-order valence-corrected chi connectivity index (χ1v) is 8.16. The maximum atomic E-state index is 12.3. The van der Waals surface area contributed by atoms with Gasteiger partial charge in [0.15, 0.2) is 5.69 Å².